The van der Waals surface area contributed by atoms with Crippen molar-refractivity contribution in [3.8, 4) is 5.75 Å². The molecule has 3 heterocycles. The largest absolute Gasteiger partial charge is 0.493 e. The summed E-state index contributed by atoms with van der Waals surface area (Å²) in [6, 6.07) is 5.88. The fourth-order valence-corrected chi connectivity index (χ4v) is 3.46. The van der Waals surface area contributed by atoms with E-state index >= 15 is 0 Å². The molecule has 0 saturated heterocycles. The number of aryl methyl sites for hydroxylation is 1. The number of carbonyl (C=O) groups is 1. The van der Waals surface area contributed by atoms with Crippen LogP contribution in [-0.4, -0.2) is 27.3 Å². The standard InChI is InChI=1S/C19H22N4O2/c1-13(24)22-18-12-20-17-6-5-15(10-16(17)18)25-9-7-14-11-21-23-8-3-2-4-19(14)23/h5-6,10-12,20H,2-4,7-9H2,1H3,(H,22,24). The normalized spacial score (nSPS) is 13.6. The van der Waals surface area contributed by atoms with Gasteiger partial charge in [-0.1, -0.05) is 0 Å². The van der Waals surface area contributed by atoms with Gasteiger partial charge in [0.1, 0.15) is 5.75 Å². The number of fused-ring (bicyclic) bond motifs is 2. The number of aromatic nitrogens is 3. The van der Waals surface area contributed by atoms with Crippen LogP contribution in [0.5, 0.6) is 5.75 Å². The highest BCUT2D eigenvalue weighted by molar-refractivity contribution is 6.01. The number of H-pyrrole nitrogens is 1. The van der Waals surface area contributed by atoms with Gasteiger partial charge in [0.25, 0.3) is 0 Å². The maximum Gasteiger partial charge on any atom is 0.221 e. The first-order chi connectivity index (χ1) is 12.2. The van der Waals surface area contributed by atoms with Crippen LogP contribution in [0.2, 0.25) is 0 Å². The summed E-state index contributed by atoms with van der Waals surface area (Å²) in [7, 11) is 0. The van der Waals surface area contributed by atoms with Crippen molar-refractivity contribution >= 4 is 22.5 Å². The molecule has 0 fully saturated rings. The fourth-order valence-electron chi connectivity index (χ4n) is 3.46. The molecule has 6 nitrogen and oxygen atoms in total. The lowest BCUT2D eigenvalue weighted by Crippen LogP contribution is -2.13. The van der Waals surface area contributed by atoms with Crippen LogP contribution in [-0.2, 0) is 24.2 Å². The van der Waals surface area contributed by atoms with Crippen LogP contribution >= 0.6 is 0 Å². The first kappa shape index (κ1) is 15.7. The Balaban J connectivity index is 1.44. The zero-order chi connectivity index (χ0) is 17.2. The summed E-state index contributed by atoms with van der Waals surface area (Å²) in [6.45, 7) is 3.15. The van der Waals surface area contributed by atoms with Crippen LogP contribution in [0.3, 0.4) is 0 Å². The molecule has 1 amide bonds. The van der Waals surface area contributed by atoms with Gasteiger partial charge in [0, 0.05) is 42.7 Å². The third-order valence-electron chi connectivity index (χ3n) is 4.67. The summed E-state index contributed by atoms with van der Waals surface area (Å²) in [5.74, 6) is 0.720. The highest BCUT2D eigenvalue weighted by Crippen LogP contribution is 2.27. The molecule has 2 N–H and O–H groups in total. The van der Waals surface area contributed by atoms with E-state index in [9.17, 15) is 4.79 Å². The molecule has 3 aromatic rings. The van der Waals surface area contributed by atoms with Crippen molar-refractivity contribution in [3.63, 3.8) is 0 Å². The van der Waals surface area contributed by atoms with Gasteiger partial charge >= 0.3 is 0 Å². The summed E-state index contributed by atoms with van der Waals surface area (Å²) in [6.07, 6.45) is 8.22. The molecule has 1 aliphatic rings. The minimum absolute atomic E-state index is 0.0850. The second-order valence-corrected chi connectivity index (χ2v) is 6.49. The fraction of sp³-hybridized carbons (Fsp3) is 0.368. The monoisotopic (exact) mass is 338 g/mol. The number of nitrogens with zero attached hydrogens (tertiary/aromatic N) is 2. The van der Waals surface area contributed by atoms with E-state index in [4.69, 9.17) is 4.74 Å². The van der Waals surface area contributed by atoms with Gasteiger partial charge in [0.05, 0.1) is 18.5 Å². The summed E-state index contributed by atoms with van der Waals surface area (Å²) >= 11 is 0. The van der Waals surface area contributed by atoms with Crippen molar-refractivity contribution in [1.82, 2.24) is 14.8 Å². The average Bonchev–Trinajstić information content (AvgIpc) is 3.19. The van der Waals surface area contributed by atoms with E-state index in [1.165, 1.54) is 31.0 Å². The quantitative estimate of drug-likeness (QED) is 0.750. The third kappa shape index (κ3) is 3.24. The molecule has 130 valence electrons. The molecule has 0 saturated carbocycles. The Hall–Kier alpha value is -2.76. The maximum atomic E-state index is 11.3. The minimum atomic E-state index is -0.0850. The Morgan fingerprint density at radius 2 is 2.32 bits per heavy atom. The number of hydrogen-bond donors (Lipinski definition) is 2. The summed E-state index contributed by atoms with van der Waals surface area (Å²) < 4.78 is 8.07. The minimum Gasteiger partial charge on any atom is -0.493 e. The Bertz CT molecular complexity index is 909. The highest BCUT2D eigenvalue weighted by Gasteiger charge is 2.14. The number of rotatable bonds is 5. The van der Waals surface area contributed by atoms with Crippen molar-refractivity contribution in [3.05, 3.63) is 41.9 Å². The molecule has 2 aromatic heterocycles. The number of aromatic amines is 1. The van der Waals surface area contributed by atoms with Gasteiger partial charge in [0.2, 0.25) is 5.91 Å². The molecule has 25 heavy (non-hydrogen) atoms. The third-order valence-corrected chi connectivity index (χ3v) is 4.67. The van der Waals surface area contributed by atoms with E-state index < -0.39 is 0 Å². The van der Waals surface area contributed by atoms with E-state index in [2.05, 4.69) is 20.1 Å². The van der Waals surface area contributed by atoms with Gasteiger partial charge in [-0.3, -0.25) is 9.48 Å². The van der Waals surface area contributed by atoms with E-state index in [-0.39, 0.29) is 5.91 Å². The SMILES string of the molecule is CC(=O)Nc1c[nH]c2ccc(OCCc3cnn4c3CCCC4)cc12. The number of ether oxygens (including phenoxy) is 1. The Morgan fingerprint density at radius 3 is 3.20 bits per heavy atom. The highest BCUT2D eigenvalue weighted by atomic mass is 16.5. The van der Waals surface area contributed by atoms with Crippen LogP contribution in [0.1, 0.15) is 31.0 Å². The van der Waals surface area contributed by atoms with Crippen molar-refractivity contribution in [2.75, 3.05) is 11.9 Å². The first-order valence-corrected chi connectivity index (χ1v) is 8.76. The van der Waals surface area contributed by atoms with Gasteiger partial charge in [-0.15, -0.1) is 0 Å². The summed E-state index contributed by atoms with van der Waals surface area (Å²) in [5, 5.41) is 8.26. The van der Waals surface area contributed by atoms with E-state index in [0.29, 0.717) is 6.61 Å². The lowest BCUT2D eigenvalue weighted by molar-refractivity contribution is -0.114. The van der Waals surface area contributed by atoms with Crippen molar-refractivity contribution < 1.29 is 9.53 Å². The van der Waals surface area contributed by atoms with E-state index in [1.807, 2.05) is 24.4 Å². The zero-order valence-electron chi connectivity index (χ0n) is 14.3. The van der Waals surface area contributed by atoms with Crippen molar-refractivity contribution in [2.45, 2.75) is 39.2 Å². The Kier molecular flexibility index (Phi) is 4.17. The molecular weight excluding hydrogens is 316 g/mol. The number of hydrogen-bond acceptors (Lipinski definition) is 3. The summed E-state index contributed by atoms with van der Waals surface area (Å²) in [4.78, 5) is 14.4. The first-order valence-electron chi connectivity index (χ1n) is 8.76. The molecule has 0 radical (unpaired) electrons. The number of amides is 1. The Morgan fingerprint density at radius 1 is 1.40 bits per heavy atom. The number of benzene rings is 1. The average molecular weight is 338 g/mol. The van der Waals surface area contributed by atoms with Crippen LogP contribution in [0.15, 0.2) is 30.6 Å². The molecule has 6 heteroatoms. The number of nitrogens with one attached hydrogen (secondary N) is 2. The molecule has 0 spiro atoms. The van der Waals surface area contributed by atoms with E-state index in [1.54, 1.807) is 6.20 Å². The molecule has 0 atom stereocenters. The second kappa shape index (κ2) is 6.63. The Labute approximate surface area is 146 Å². The molecule has 1 aliphatic heterocycles. The van der Waals surface area contributed by atoms with Gasteiger partial charge < -0.3 is 15.0 Å². The predicted octanol–water partition coefficient (Wildman–Crippen LogP) is 3.28. The van der Waals surface area contributed by atoms with Gasteiger partial charge in [-0.2, -0.15) is 5.10 Å². The zero-order valence-corrected chi connectivity index (χ0v) is 14.3. The summed E-state index contributed by atoms with van der Waals surface area (Å²) in [5.41, 5.74) is 4.41. The van der Waals surface area contributed by atoms with Crippen LogP contribution in [0.4, 0.5) is 5.69 Å². The lowest BCUT2D eigenvalue weighted by Gasteiger charge is -2.14. The maximum absolute atomic E-state index is 11.3. The van der Waals surface area contributed by atoms with Crippen LogP contribution < -0.4 is 10.1 Å². The smallest absolute Gasteiger partial charge is 0.221 e. The predicted molar refractivity (Wildman–Crippen MR) is 97.0 cm³/mol. The molecule has 0 bridgehead atoms. The molecular formula is C19H22N4O2. The van der Waals surface area contributed by atoms with Crippen molar-refractivity contribution in [2.24, 2.45) is 0 Å². The number of carbonyl (C=O) groups excluding carboxylic acids is 1. The van der Waals surface area contributed by atoms with Gasteiger partial charge in [0.15, 0.2) is 0 Å². The topological polar surface area (TPSA) is 71.9 Å². The molecule has 1 aromatic carbocycles. The molecule has 0 unspecified atom stereocenters. The molecule has 0 aliphatic carbocycles. The molecule has 4 rings (SSSR count). The van der Waals surface area contributed by atoms with Gasteiger partial charge in [-0.25, -0.2) is 0 Å². The second-order valence-electron chi connectivity index (χ2n) is 6.49. The van der Waals surface area contributed by atoms with Crippen LogP contribution in [0, 0.1) is 0 Å². The van der Waals surface area contributed by atoms with E-state index in [0.717, 1.165) is 41.7 Å². The van der Waals surface area contributed by atoms with Gasteiger partial charge in [-0.05, 0) is 43.0 Å². The number of anilines is 1. The van der Waals surface area contributed by atoms with Crippen molar-refractivity contribution in [1.29, 1.82) is 0 Å². The lowest BCUT2D eigenvalue weighted by atomic mass is 10.1. The van der Waals surface area contributed by atoms with Crippen LogP contribution in [0.25, 0.3) is 10.9 Å².